The van der Waals surface area contributed by atoms with Gasteiger partial charge in [-0.25, -0.2) is 9.18 Å². The molecule has 29 heavy (non-hydrogen) atoms. The van der Waals surface area contributed by atoms with Crippen LogP contribution < -0.4 is 20.1 Å². The van der Waals surface area contributed by atoms with Crippen molar-refractivity contribution in [2.75, 3.05) is 30.5 Å². The molecule has 1 saturated heterocycles. The van der Waals surface area contributed by atoms with Gasteiger partial charge in [-0.05, 0) is 49.2 Å². The Morgan fingerprint density at radius 3 is 2.62 bits per heavy atom. The number of hydrogen-bond donors (Lipinski definition) is 2. The summed E-state index contributed by atoms with van der Waals surface area (Å²) in [5, 5.41) is 5.72. The predicted molar refractivity (Wildman–Crippen MR) is 103 cm³/mol. The van der Waals surface area contributed by atoms with Crippen LogP contribution in [0.3, 0.4) is 0 Å². The summed E-state index contributed by atoms with van der Waals surface area (Å²) in [7, 11) is 0. The molecule has 0 aromatic heterocycles. The number of halogens is 1. The van der Waals surface area contributed by atoms with Gasteiger partial charge in [-0.2, -0.15) is 0 Å². The van der Waals surface area contributed by atoms with E-state index in [-0.39, 0.29) is 35.9 Å². The fourth-order valence-corrected chi connectivity index (χ4v) is 4.18. The van der Waals surface area contributed by atoms with Crippen molar-refractivity contribution in [1.29, 1.82) is 0 Å². The molecule has 7 nitrogen and oxygen atoms in total. The lowest BCUT2D eigenvalue weighted by molar-refractivity contribution is -0.118. The zero-order chi connectivity index (χ0) is 20.0. The van der Waals surface area contributed by atoms with Crippen LogP contribution in [-0.2, 0) is 4.79 Å². The lowest BCUT2D eigenvalue weighted by Gasteiger charge is -2.17. The quantitative estimate of drug-likeness (QED) is 0.832. The maximum absolute atomic E-state index is 13.0. The number of urea groups is 1. The molecular formula is C21H20FN3O4. The maximum Gasteiger partial charge on any atom is 0.321 e. The van der Waals surface area contributed by atoms with Crippen LogP contribution in [0, 0.1) is 17.2 Å². The molecule has 1 saturated carbocycles. The van der Waals surface area contributed by atoms with Gasteiger partial charge < -0.3 is 25.0 Å². The van der Waals surface area contributed by atoms with Crippen molar-refractivity contribution in [2.24, 2.45) is 11.3 Å². The Kier molecular flexibility index (Phi) is 4.08. The highest BCUT2D eigenvalue weighted by atomic mass is 19.1. The normalized spacial score (nSPS) is 23.9. The SMILES string of the molecule is O=C(Nc1ccc2c(c1)OCO2)[C@@H]1C[C@@]12CCN(C(=O)Nc1ccc(F)cc1)C2. The Bertz CT molecular complexity index is 980. The summed E-state index contributed by atoms with van der Waals surface area (Å²) in [5.41, 5.74) is 1.07. The summed E-state index contributed by atoms with van der Waals surface area (Å²) in [5.74, 6) is 0.793. The van der Waals surface area contributed by atoms with Crippen molar-refractivity contribution in [1.82, 2.24) is 4.90 Å². The molecule has 0 unspecified atom stereocenters. The van der Waals surface area contributed by atoms with E-state index in [1.54, 1.807) is 23.1 Å². The number of likely N-dealkylation sites (tertiary alicyclic amines) is 1. The second kappa shape index (κ2) is 6.65. The molecule has 5 rings (SSSR count). The molecule has 0 radical (unpaired) electrons. The number of nitrogens with zero attached hydrogens (tertiary/aromatic N) is 1. The van der Waals surface area contributed by atoms with Crippen molar-refractivity contribution in [3.63, 3.8) is 0 Å². The minimum absolute atomic E-state index is 0.0374. The number of hydrogen-bond acceptors (Lipinski definition) is 4. The molecule has 1 spiro atoms. The minimum atomic E-state index is -0.350. The highest BCUT2D eigenvalue weighted by Gasteiger charge is 2.61. The van der Waals surface area contributed by atoms with Crippen LogP contribution in [0.5, 0.6) is 11.5 Å². The molecule has 2 fully saturated rings. The number of ether oxygens (including phenoxy) is 2. The maximum atomic E-state index is 13.0. The van der Waals surface area contributed by atoms with Gasteiger partial charge in [-0.1, -0.05) is 0 Å². The molecule has 0 bridgehead atoms. The number of carbonyl (C=O) groups excluding carboxylic acids is 2. The first-order chi connectivity index (χ1) is 14.0. The number of amides is 3. The van der Waals surface area contributed by atoms with Crippen molar-refractivity contribution < 1.29 is 23.5 Å². The summed E-state index contributed by atoms with van der Waals surface area (Å²) < 4.78 is 23.6. The zero-order valence-corrected chi connectivity index (χ0v) is 15.6. The van der Waals surface area contributed by atoms with E-state index in [4.69, 9.17) is 9.47 Å². The molecule has 2 heterocycles. The number of nitrogens with one attached hydrogen (secondary N) is 2. The predicted octanol–water partition coefficient (Wildman–Crippen LogP) is 3.44. The van der Waals surface area contributed by atoms with E-state index < -0.39 is 0 Å². The van der Waals surface area contributed by atoms with Crippen molar-refractivity contribution in [3.05, 3.63) is 48.3 Å². The van der Waals surface area contributed by atoms with E-state index in [2.05, 4.69) is 10.6 Å². The van der Waals surface area contributed by atoms with E-state index in [0.29, 0.717) is 36.0 Å². The fourth-order valence-electron chi connectivity index (χ4n) is 4.18. The first-order valence-electron chi connectivity index (χ1n) is 9.54. The van der Waals surface area contributed by atoms with Gasteiger partial charge in [0.25, 0.3) is 0 Å². The number of fused-ring (bicyclic) bond motifs is 1. The molecule has 2 aromatic carbocycles. The summed E-state index contributed by atoms with van der Waals surface area (Å²) in [6.45, 7) is 1.33. The van der Waals surface area contributed by atoms with Crippen molar-refractivity contribution >= 4 is 23.3 Å². The number of rotatable bonds is 3. The average molecular weight is 397 g/mol. The molecular weight excluding hydrogens is 377 g/mol. The first-order valence-corrected chi connectivity index (χ1v) is 9.54. The second-order valence-electron chi connectivity index (χ2n) is 7.78. The van der Waals surface area contributed by atoms with Crippen LogP contribution >= 0.6 is 0 Å². The summed E-state index contributed by atoms with van der Waals surface area (Å²) >= 11 is 0. The number of anilines is 2. The largest absolute Gasteiger partial charge is 0.454 e. The van der Waals surface area contributed by atoms with Gasteiger partial charge in [-0.15, -0.1) is 0 Å². The lowest BCUT2D eigenvalue weighted by atomic mass is 10.0. The van der Waals surface area contributed by atoms with Gasteiger partial charge in [0.15, 0.2) is 11.5 Å². The van der Waals surface area contributed by atoms with Crippen LogP contribution in [0.15, 0.2) is 42.5 Å². The smallest absolute Gasteiger partial charge is 0.321 e. The Balaban J connectivity index is 1.18. The monoisotopic (exact) mass is 397 g/mol. The van der Waals surface area contributed by atoms with Gasteiger partial charge in [0.2, 0.25) is 12.7 Å². The van der Waals surface area contributed by atoms with Gasteiger partial charge in [-0.3, -0.25) is 4.79 Å². The summed E-state index contributed by atoms with van der Waals surface area (Å²) in [6.07, 6.45) is 1.56. The van der Waals surface area contributed by atoms with Crippen LogP contribution in [-0.4, -0.2) is 36.7 Å². The van der Waals surface area contributed by atoms with Gasteiger partial charge in [0.1, 0.15) is 5.82 Å². The zero-order valence-electron chi connectivity index (χ0n) is 15.6. The molecule has 8 heteroatoms. The van der Waals surface area contributed by atoms with E-state index >= 15 is 0 Å². The van der Waals surface area contributed by atoms with Gasteiger partial charge in [0, 0.05) is 41.9 Å². The molecule has 2 aromatic rings. The minimum Gasteiger partial charge on any atom is -0.454 e. The molecule has 3 amide bonds. The topological polar surface area (TPSA) is 79.9 Å². The van der Waals surface area contributed by atoms with Crippen LogP contribution in [0.1, 0.15) is 12.8 Å². The fraction of sp³-hybridized carbons (Fsp3) is 0.333. The van der Waals surface area contributed by atoms with Crippen molar-refractivity contribution in [3.8, 4) is 11.5 Å². The summed E-state index contributed by atoms with van der Waals surface area (Å²) in [6, 6.07) is 10.8. The Morgan fingerprint density at radius 2 is 1.79 bits per heavy atom. The number of benzene rings is 2. The molecule has 2 aliphatic heterocycles. The van der Waals surface area contributed by atoms with E-state index in [1.807, 2.05) is 0 Å². The van der Waals surface area contributed by atoms with Crippen LogP contribution in [0.2, 0.25) is 0 Å². The van der Waals surface area contributed by atoms with Gasteiger partial charge >= 0.3 is 6.03 Å². The Hall–Kier alpha value is -3.29. The molecule has 1 aliphatic carbocycles. The third-order valence-corrected chi connectivity index (χ3v) is 5.91. The highest BCUT2D eigenvalue weighted by molar-refractivity contribution is 5.96. The first kappa shape index (κ1) is 17.8. The molecule has 2 atom stereocenters. The Morgan fingerprint density at radius 1 is 1.03 bits per heavy atom. The third kappa shape index (κ3) is 3.35. The molecule has 3 aliphatic rings. The molecule has 2 N–H and O–H groups in total. The highest BCUT2D eigenvalue weighted by Crippen LogP contribution is 2.58. The van der Waals surface area contributed by atoms with Gasteiger partial charge in [0.05, 0.1) is 0 Å². The van der Waals surface area contributed by atoms with E-state index in [9.17, 15) is 14.0 Å². The summed E-state index contributed by atoms with van der Waals surface area (Å²) in [4.78, 5) is 26.9. The van der Waals surface area contributed by atoms with Crippen LogP contribution in [0.4, 0.5) is 20.6 Å². The molecule has 150 valence electrons. The third-order valence-electron chi connectivity index (χ3n) is 5.91. The van der Waals surface area contributed by atoms with E-state index in [0.717, 1.165) is 12.8 Å². The van der Waals surface area contributed by atoms with Crippen molar-refractivity contribution in [2.45, 2.75) is 12.8 Å². The van der Waals surface area contributed by atoms with Crippen LogP contribution in [0.25, 0.3) is 0 Å². The number of carbonyl (C=O) groups is 2. The Labute approximate surface area is 166 Å². The standard InChI is InChI=1S/C21H20FN3O4/c22-13-1-3-14(4-2-13)24-20(27)25-8-7-21(11-25)10-16(21)19(26)23-15-5-6-17-18(9-15)29-12-28-17/h1-6,9,16H,7-8,10-12H2,(H,23,26)(H,24,27)/t16-,21+/m0/s1. The average Bonchev–Trinajstić information content (AvgIpc) is 3.02. The second-order valence-corrected chi connectivity index (χ2v) is 7.78. The lowest BCUT2D eigenvalue weighted by Crippen LogP contribution is -2.33. The van der Waals surface area contributed by atoms with E-state index in [1.165, 1.54) is 24.3 Å².